The average Bonchev–Trinajstić information content (AvgIpc) is 3.03. The van der Waals surface area contributed by atoms with E-state index in [1.54, 1.807) is 17.4 Å². The third-order valence-electron chi connectivity index (χ3n) is 3.99. The fourth-order valence-electron chi connectivity index (χ4n) is 3.03. The first kappa shape index (κ1) is 13.7. The fraction of sp³-hybridized carbons (Fsp3) is 0.438. The van der Waals surface area contributed by atoms with Gasteiger partial charge in [0.1, 0.15) is 10.8 Å². The molecule has 3 rings (SSSR count). The van der Waals surface area contributed by atoms with E-state index in [0.717, 1.165) is 47.6 Å². The van der Waals surface area contributed by atoms with Gasteiger partial charge in [-0.05, 0) is 49.9 Å². The quantitative estimate of drug-likeness (QED) is 0.927. The van der Waals surface area contributed by atoms with E-state index in [1.165, 1.54) is 0 Å². The van der Waals surface area contributed by atoms with E-state index in [4.69, 9.17) is 0 Å². The van der Waals surface area contributed by atoms with Gasteiger partial charge < -0.3 is 5.32 Å². The second-order valence-corrected chi connectivity index (χ2v) is 6.25. The zero-order chi connectivity index (χ0) is 14.2. The Morgan fingerprint density at radius 1 is 1.45 bits per heavy atom. The van der Waals surface area contributed by atoms with Crippen molar-refractivity contribution >= 4 is 11.3 Å². The number of thiazole rings is 1. The maximum atomic E-state index is 14.0. The highest BCUT2D eigenvalue weighted by Gasteiger charge is 2.43. The Morgan fingerprint density at radius 2 is 2.30 bits per heavy atom. The molecule has 4 heteroatoms. The highest BCUT2D eigenvalue weighted by Crippen LogP contribution is 2.43. The van der Waals surface area contributed by atoms with Crippen LogP contribution in [0.4, 0.5) is 4.39 Å². The van der Waals surface area contributed by atoms with Crippen LogP contribution in [0.2, 0.25) is 0 Å². The monoisotopic (exact) mass is 290 g/mol. The summed E-state index contributed by atoms with van der Waals surface area (Å²) >= 11 is 1.67. The van der Waals surface area contributed by atoms with Gasteiger partial charge in [0, 0.05) is 11.1 Å². The highest BCUT2D eigenvalue weighted by molar-refractivity contribution is 7.09. The third-order valence-corrected chi connectivity index (χ3v) is 5.11. The van der Waals surface area contributed by atoms with Gasteiger partial charge in [0.25, 0.3) is 0 Å². The summed E-state index contributed by atoms with van der Waals surface area (Å²) in [5.74, 6) is -0.0871. The molecule has 0 amide bonds. The number of hydrogen-bond donors (Lipinski definition) is 1. The maximum Gasteiger partial charge on any atom is 0.126 e. The number of hydrogen-bond acceptors (Lipinski definition) is 3. The lowest BCUT2D eigenvalue weighted by Gasteiger charge is -2.30. The first-order valence-electron chi connectivity index (χ1n) is 7.13. The van der Waals surface area contributed by atoms with Gasteiger partial charge in [0.15, 0.2) is 0 Å². The first-order chi connectivity index (χ1) is 9.67. The lowest BCUT2D eigenvalue weighted by atomic mass is 9.92. The molecule has 0 aliphatic heterocycles. The van der Waals surface area contributed by atoms with Crippen LogP contribution in [0.1, 0.15) is 41.6 Å². The number of nitrogens with zero attached hydrogens (tertiary/aromatic N) is 1. The number of aromatic nitrogens is 1. The molecule has 1 aromatic heterocycles. The molecule has 1 atom stereocenters. The molecule has 1 heterocycles. The summed E-state index contributed by atoms with van der Waals surface area (Å²) in [5.41, 5.74) is 2.66. The standard InChI is InChI=1S/C16H19FN2S/c1-3-9-18-16(15-19-11(2)10-20-15)8-7-12-13(16)5-4-6-14(12)17/h4-6,10,18H,3,7-9H2,1-2H3. The summed E-state index contributed by atoms with van der Waals surface area (Å²) in [6.45, 7) is 5.07. The lowest BCUT2D eigenvalue weighted by Crippen LogP contribution is -2.42. The largest absolute Gasteiger partial charge is 0.302 e. The molecule has 1 aliphatic carbocycles. The number of rotatable bonds is 4. The molecular weight excluding hydrogens is 271 g/mol. The van der Waals surface area contributed by atoms with Gasteiger partial charge >= 0.3 is 0 Å². The Bertz CT molecular complexity index is 623. The van der Waals surface area contributed by atoms with Gasteiger partial charge in [-0.2, -0.15) is 0 Å². The molecule has 1 aromatic carbocycles. The van der Waals surface area contributed by atoms with Crippen molar-refractivity contribution in [1.29, 1.82) is 0 Å². The molecule has 1 unspecified atom stereocenters. The normalized spacial score (nSPS) is 21.1. The van der Waals surface area contributed by atoms with Crippen molar-refractivity contribution in [1.82, 2.24) is 10.3 Å². The van der Waals surface area contributed by atoms with Crippen LogP contribution >= 0.6 is 11.3 Å². The van der Waals surface area contributed by atoms with E-state index >= 15 is 0 Å². The van der Waals surface area contributed by atoms with Crippen LogP contribution < -0.4 is 5.32 Å². The van der Waals surface area contributed by atoms with E-state index in [0.29, 0.717) is 0 Å². The lowest BCUT2D eigenvalue weighted by molar-refractivity contribution is 0.397. The number of halogens is 1. The van der Waals surface area contributed by atoms with Crippen LogP contribution in [-0.4, -0.2) is 11.5 Å². The molecule has 1 aliphatic rings. The minimum atomic E-state index is -0.299. The van der Waals surface area contributed by atoms with Crippen molar-refractivity contribution < 1.29 is 4.39 Å². The topological polar surface area (TPSA) is 24.9 Å². The summed E-state index contributed by atoms with van der Waals surface area (Å²) in [5, 5.41) is 6.77. The van der Waals surface area contributed by atoms with Crippen LogP contribution in [0, 0.1) is 12.7 Å². The smallest absolute Gasteiger partial charge is 0.126 e. The molecule has 0 saturated carbocycles. The maximum absolute atomic E-state index is 14.0. The molecule has 20 heavy (non-hydrogen) atoms. The molecule has 106 valence electrons. The van der Waals surface area contributed by atoms with Crippen LogP contribution in [0.5, 0.6) is 0 Å². The van der Waals surface area contributed by atoms with E-state index in [2.05, 4.69) is 22.6 Å². The summed E-state index contributed by atoms with van der Waals surface area (Å²) in [6.07, 6.45) is 2.71. The molecule has 0 bridgehead atoms. The predicted molar refractivity (Wildman–Crippen MR) is 80.6 cm³/mol. The van der Waals surface area contributed by atoms with Crippen molar-refractivity contribution in [2.24, 2.45) is 0 Å². The van der Waals surface area contributed by atoms with Gasteiger partial charge in [0.05, 0.1) is 5.54 Å². The number of aryl methyl sites for hydroxylation is 1. The predicted octanol–water partition coefficient (Wildman–Crippen LogP) is 3.78. The zero-order valence-corrected chi connectivity index (χ0v) is 12.7. The summed E-state index contributed by atoms with van der Waals surface area (Å²) < 4.78 is 14.0. The molecule has 0 saturated heterocycles. The number of benzene rings is 1. The van der Waals surface area contributed by atoms with Gasteiger partial charge in [-0.3, -0.25) is 0 Å². The average molecular weight is 290 g/mol. The molecule has 0 spiro atoms. The van der Waals surface area contributed by atoms with Gasteiger partial charge in [-0.1, -0.05) is 19.1 Å². The summed E-state index contributed by atoms with van der Waals surface area (Å²) in [6, 6.07) is 5.41. The van der Waals surface area contributed by atoms with E-state index in [-0.39, 0.29) is 11.4 Å². The molecule has 1 N–H and O–H groups in total. The Balaban J connectivity index is 2.12. The Morgan fingerprint density at radius 3 is 3.00 bits per heavy atom. The Kier molecular flexibility index (Phi) is 3.61. The van der Waals surface area contributed by atoms with Crippen molar-refractivity contribution in [3.63, 3.8) is 0 Å². The molecular formula is C16H19FN2S. The number of nitrogens with one attached hydrogen (secondary N) is 1. The van der Waals surface area contributed by atoms with E-state index in [9.17, 15) is 4.39 Å². The Labute approximate surface area is 123 Å². The van der Waals surface area contributed by atoms with Crippen LogP contribution in [0.3, 0.4) is 0 Å². The number of fused-ring (bicyclic) bond motifs is 1. The third kappa shape index (κ3) is 2.07. The van der Waals surface area contributed by atoms with Crippen molar-refractivity contribution in [3.05, 3.63) is 51.2 Å². The highest BCUT2D eigenvalue weighted by atomic mass is 32.1. The van der Waals surface area contributed by atoms with E-state index in [1.807, 2.05) is 19.1 Å². The van der Waals surface area contributed by atoms with Gasteiger partial charge in [0.2, 0.25) is 0 Å². The van der Waals surface area contributed by atoms with Crippen LogP contribution in [-0.2, 0) is 12.0 Å². The van der Waals surface area contributed by atoms with Crippen molar-refractivity contribution in [3.8, 4) is 0 Å². The van der Waals surface area contributed by atoms with Gasteiger partial charge in [-0.15, -0.1) is 11.3 Å². The van der Waals surface area contributed by atoms with Crippen LogP contribution in [0.25, 0.3) is 0 Å². The summed E-state index contributed by atoms with van der Waals surface area (Å²) in [4.78, 5) is 4.68. The molecule has 0 fully saturated rings. The van der Waals surface area contributed by atoms with Crippen LogP contribution in [0.15, 0.2) is 23.6 Å². The Hall–Kier alpha value is -1.26. The summed E-state index contributed by atoms with van der Waals surface area (Å²) in [7, 11) is 0. The van der Waals surface area contributed by atoms with Crippen molar-refractivity contribution in [2.45, 2.75) is 38.6 Å². The molecule has 2 aromatic rings. The van der Waals surface area contributed by atoms with Crippen molar-refractivity contribution in [2.75, 3.05) is 6.54 Å². The molecule has 2 nitrogen and oxygen atoms in total. The fourth-order valence-corrected chi connectivity index (χ4v) is 4.05. The minimum Gasteiger partial charge on any atom is -0.302 e. The SMILES string of the molecule is CCCNC1(c2nc(C)cs2)CCc2c(F)cccc21. The zero-order valence-electron chi connectivity index (χ0n) is 11.9. The van der Waals surface area contributed by atoms with Gasteiger partial charge in [-0.25, -0.2) is 9.37 Å². The first-order valence-corrected chi connectivity index (χ1v) is 8.01. The second kappa shape index (κ2) is 5.26. The van der Waals surface area contributed by atoms with E-state index < -0.39 is 0 Å². The second-order valence-electron chi connectivity index (χ2n) is 5.39. The molecule has 0 radical (unpaired) electrons. The minimum absolute atomic E-state index is 0.0871.